The number of carbonyl (C=O) groups is 2. The molecule has 1 unspecified atom stereocenters. The Labute approximate surface area is 184 Å². The molecule has 0 spiro atoms. The van der Waals surface area contributed by atoms with Crippen LogP contribution in [0.5, 0.6) is 0 Å². The van der Waals surface area contributed by atoms with Gasteiger partial charge in [-0.2, -0.15) is 5.10 Å². The zero-order valence-electron chi connectivity index (χ0n) is 17.3. The number of hydrogen-bond acceptors (Lipinski definition) is 5. The molecule has 8 heteroatoms. The smallest absolute Gasteiger partial charge is 0.274 e. The number of aromatic amines is 1. The SMILES string of the molecule is CCN1CCN(C(=O)c2ccc(=O)[nH]n2)CC(Cc2ccccc2-c2cccs2)C1=O. The highest BCUT2D eigenvalue weighted by Crippen LogP contribution is 2.30. The van der Waals surface area contributed by atoms with Gasteiger partial charge in [0.25, 0.3) is 11.5 Å². The molecule has 1 saturated heterocycles. The largest absolute Gasteiger partial charge is 0.341 e. The molecule has 1 atom stereocenters. The van der Waals surface area contributed by atoms with Crippen LogP contribution in [0, 0.1) is 5.92 Å². The Morgan fingerprint density at radius 1 is 1.13 bits per heavy atom. The average Bonchev–Trinajstić information content (AvgIpc) is 3.27. The van der Waals surface area contributed by atoms with Gasteiger partial charge in [-0.05, 0) is 42.0 Å². The van der Waals surface area contributed by atoms with Crippen LogP contribution in [0.2, 0.25) is 0 Å². The van der Waals surface area contributed by atoms with Crippen LogP contribution in [0.15, 0.2) is 58.7 Å². The van der Waals surface area contributed by atoms with Crippen molar-refractivity contribution in [3.8, 4) is 10.4 Å². The Bertz CT molecular complexity index is 1110. The molecule has 1 N–H and O–H groups in total. The lowest BCUT2D eigenvalue weighted by Gasteiger charge is -2.24. The molecule has 1 fully saturated rings. The molecule has 2 aromatic heterocycles. The molecule has 4 rings (SSSR count). The van der Waals surface area contributed by atoms with E-state index in [2.05, 4.69) is 28.4 Å². The van der Waals surface area contributed by atoms with Crippen LogP contribution in [-0.2, 0) is 11.2 Å². The minimum Gasteiger partial charge on any atom is -0.341 e. The second-order valence-electron chi connectivity index (χ2n) is 7.51. The van der Waals surface area contributed by atoms with Crippen LogP contribution in [0.4, 0.5) is 0 Å². The highest BCUT2D eigenvalue weighted by Gasteiger charge is 2.33. The number of likely N-dealkylation sites (N-methyl/N-ethyl adjacent to an activating group) is 1. The van der Waals surface area contributed by atoms with E-state index >= 15 is 0 Å². The summed E-state index contributed by atoms with van der Waals surface area (Å²) in [5.74, 6) is -0.568. The van der Waals surface area contributed by atoms with Gasteiger partial charge in [-0.25, -0.2) is 5.10 Å². The summed E-state index contributed by atoms with van der Waals surface area (Å²) in [6, 6.07) is 14.9. The summed E-state index contributed by atoms with van der Waals surface area (Å²) in [6.07, 6.45) is 0.548. The van der Waals surface area contributed by atoms with E-state index < -0.39 is 0 Å². The van der Waals surface area contributed by atoms with Crippen molar-refractivity contribution in [2.75, 3.05) is 26.2 Å². The highest BCUT2D eigenvalue weighted by molar-refractivity contribution is 7.13. The number of nitrogens with one attached hydrogen (secondary N) is 1. The predicted molar refractivity (Wildman–Crippen MR) is 120 cm³/mol. The third kappa shape index (κ3) is 4.59. The molecule has 2 amide bonds. The van der Waals surface area contributed by atoms with Gasteiger partial charge in [0.2, 0.25) is 5.91 Å². The van der Waals surface area contributed by atoms with Crippen molar-refractivity contribution >= 4 is 23.2 Å². The summed E-state index contributed by atoms with van der Waals surface area (Å²) in [5.41, 5.74) is 2.03. The number of rotatable bonds is 5. The zero-order chi connectivity index (χ0) is 21.8. The normalized spacial score (nSPS) is 16.9. The van der Waals surface area contributed by atoms with Crippen molar-refractivity contribution in [1.29, 1.82) is 0 Å². The molecule has 3 aromatic rings. The first kappa shape index (κ1) is 21.0. The van der Waals surface area contributed by atoms with Gasteiger partial charge in [0, 0.05) is 37.1 Å². The van der Waals surface area contributed by atoms with Crippen LogP contribution < -0.4 is 5.56 Å². The first-order chi connectivity index (χ1) is 15.1. The van der Waals surface area contributed by atoms with Crippen molar-refractivity contribution < 1.29 is 9.59 Å². The summed E-state index contributed by atoms with van der Waals surface area (Å²) in [7, 11) is 0. The fourth-order valence-corrected chi connectivity index (χ4v) is 4.74. The molecule has 7 nitrogen and oxygen atoms in total. The molecule has 1 aliphatic heterocycles. The van der Waals surface area contributed by atoms with Crippen molar-refractivity contribution in [1.82, 2.24) is 20.0 Å². The standard InChI is InChI=1S/C23H24N4O3S/c1-2-26-11-12-27(23(30)19-9-10-21(28)25-24-19)15-17(22(26)29)14-16-6-3-4-7-18(16)20-8-5-13-31-20/h3-10,13,17H,2,11-12,14-15H2,1H3,(H,25,28). The Balaban J connectivity index is 1.62. The minimum absolute atomic E-state index is 0.0632. The van der Waals surface area contributed by atoms with Crippen LogP contribution in [0.1, 0.15) is 23.0 Å². The molecular weight excluding hydrogens is 412 g/mol. The first-order valence-corrected chi connectivity index (χ1v) is 11.2. The summed E-state index contributed by atoms with van der Waals surface area (Å²) in [5, 5.41) is 8.22. The maximum atomic E-state index is 13.3. The molecule has 1 aromatic carbocycles. The highest BCUT2D eigenvalue weighted by atomic mass is 32.1. The Hall–Kier alpha value is -3.26. The molecule has 160 valence electrons. The number of amides is 2. The molecule has 3 heterocycles. The third-order valence-corrected chi connectivity index (χ3v) is 6.48. The number of H-pyrrole nitrogens is 1. The second kappa shape index (κ2) is 9.26. The van der Waals surface area contributed by atoms with Crippen LogP contribution in [0.3, 0.4) is 0 Å². The van der Waals surface area contributed by atoms with Gasteiger partial charge in [0.1, 0.15) is 5.69 Å². The number of nitrogens with zero attached hydrogens (tertiary/aromatic N) is 3. The molecule has 0 radical (unpaired) electrons. The van der Waals surface area contributed by atoms with E-state index in [1.54, 1.807) is 16.2 Å². The van der Waals surface area contributed by atoms with Gasteiger partial charge in [-0.3, -0.25) is 14.4 Å². The van der Waals surface area contributed by atoms with Crippen molar-refractivity contribution in [3.05, 3.63) is 75.5 Å². The number of hydrogen-bond donors (Lipinski definition) is 1. The predicted octanol–water partition coefficient (Wildman–Crippen LogP) is 2.66. The topological polar surface area (TPSA) is 86.4 Å². The maximum Gasteiger partial charge on any atom is 0.274 e. The van der Waals surface area contributed by atoms with Crippen LogP contribution in [-0.4, -0.2) is 58.0 Å². The van der Waals surface area contributed by atoms with Gasteiger partial charge in [-0.15, -0.1) is 11.3 Å². The van der Waals surface area contributed by atoms with E-state index in [4.69, 9.17) is 0 Å². The van der Waals surface area contributed by atoms with Crippen molar-refractivity contribution in [2.24, 2.45) is 5.92 Å². The Morgan fingerprint density at radius 2 is 1.97 bits per heavy atom. The number of aromatic nitrogens is 2. The van der Waals surface area contributed by atoms with E-state index in [-0.39, 0.29) is 29.0 Å². The fourth-order valence-electron chi connectivity index (χ4n) is 3.96. The Kier molecular flexibility index (Phi) is 6.27. The Morgan fingerprint density at radius 3 is 2.68 bits per heavy atom. The van der Waals surface area contributed by atoms with E-state index in [0.29, 0.717) is 32.6 Å². The summed E-state index contributed by atoms with van der Waals surface area (Å²) >= 11 is 1.67. The first-order valence-electron chi connectivity index (χ1n) is 10.3. The quantitative estimate of drug-likeness (QED) is 0.666. The minimum atomic E-state index is -0.359. The third-order valence-electron chi connectivity index (χ3n) is 5.58. The van der Waals surface area contributed by atoms with E-state index in [1.165, 1.54) is 12.1 Å². The maximum absolute atomic E-state index is 13.3. The van der Waals surface area contributed by atoms with E-state index in [9.17, 15) is 14.4 Å². The van der Waals surface area contributed by atoms with Gasteiger partial charge in [-0.1, -0.05) is 30.3 Å². The lowest BCUT2D eigenvalue weighted by molar-refractivity contribution is -0.134. The second-order valence-corrected chi connectivity index (χ2v) is 8.46. The van der Waals surface area contributed by atoms with Gasteiger partial charge >= 0.3 is 0 Å². The summed E-state index contributed by atoms with van der Waals surface area (Å²) in [6.45, 7) is 3.78. The molecular formula is C23H24N4O3S. The average molecular weight is 437 g/mol. The van der Waals surface area contributed by atoms with Crippen molar-refractivity contribution in [2.45, 2.75) is 13.3 Å². The lowest BCUT2D eigenvalue weighted by atomic mass is 9.93. The lowest BCUT2D eigenvalue weighted by Crippen LogP contribution is -2.38. The number of thiophene rings is 1. The molecule has 31 heavy (non-hydrogen) atoms. The molecule has 0 saturated carbocycles. The molecule has 0 bridgehead atoms. The zero-order valence-corrected chi connectivity index (χ0v) is 18.1. The van der Waals surface area contributed by atoms with Crippen LogP contribution >= 0.6 is 11.3 Å². The summed E-state index contributed by atoms with van der Waals surface area (Å²) < 4.78 is 0. The van der Waals surface area contributed by atoms with E-state index in [0.717, 1.165) is 16.0 Å². The summed E-state index contributed by atoms with van der Waals surface area (Å²) in [4.78, 5) is 42.2. The van der Waals surface area contributed by atoms with E-state index in [1.807, 2.05) is 35.4 Å². The number of carbonyl (C=O) groups excluding carboxylic acids is 2. The number of benzene rings is 1. The van der Waals surface area contributed by atoms with Crippen LogP contribution in [0.25, 0.3) is 10.4 Å². The van der Waals surface area contributed by atoms with Gasteiger partial charge in [0.15, 0.2) is 0 Å². The fraction of sp³-hybridized carbons (Fsp3) is 0.304. The monoisotopic (exact) mass is 436 g/mol. The molecule has 1 aliphatic rings. The van der Waals surface area contributed by atoms with Gasteiger partial charge < -0.3 is 9.80 Å². The molecule has 0 aliphatic carbocycles. The van der Waals surface area contributed by atoms with Crippen molar-refractivity contribution in [3.63, 3.8) is 0 Å². The van der Waals surface area contributed by atoms with Gasteiger partial charge in [0.05, 0.1) is 5.92 Å².